The maximum Gasteiger partial charge on any atom is 0.422 e. The van der Waals surface area contributed by atoms with Crippen molar-refractivity contribution in [2.75, 3.05) is 17.1 Å². The van der Waals surface area contributed by atoms with Crippen molar-refractivity contribution in [3.05, 3.63) is 23.3 Å². The van der Waals surface area contributed by atoms with E-state index < -0.39 is 16.3 Å². The fraction of sp³-hybridized carbons (Fsp3) is 0.364. The minimum absolute atomic E-state index is 0.0812. The lowest BCUT2D eigenvalue weighted by Crippen LogP contribution is -2.35. The van der Waals surface area contributed by atoms with Crippen molar-refractivity contribution < 1.29 is 17.9 Å². The molecule has 0 heterocycles. The molecule has 19 heavy (non-hydrogen) atoms. The van der Waals surface area contributed by atoms with Gasteiger partial charge in [0.1, 0.15) is 0 Å². The van der Waals surface area contributed by atoms with Gasteiger partial charge in [0.15, 0.2) is 0 Å². The predicted molar refractivity (Wildman–Crippen MR) is 73.0 cm³/mol. The topological polar surface area (TPSA) is 111 Å². The van der Waals surface area contributed by atoms with Gasteiger partial charge in [0.05, 0.1) is 12.3 Å². The second-order valence-corrected chi connectivity index (χ2v) is 5.31. The quantitative estimate of drug-likeness (QED) is 0.723. The molecule has 106 valence electrons. The molecule has 1 amide bonds. The van der Waals surface area contributed by atoms with Crippen LogP contribution in [0.25, 0.3) is 0 Å². The number of benzene rings is 1. The molecule has 0 atom stereocenters. The minimum atomic E-state index is -4.04. The fourth-order valence-corrected chi connectivity index (χ4v) is 2.26. The molecule has 0 aliphatic heterocycles. The standard InChI is InChI=1S/C11H17N3O4S/c1-4-18-11(15)14-19(16,17)13-9-6-5-7(2)10(12)8(9)3/h5-6,13H,4,12H2,1-3H3,(H,14,15). The van der Waals surface area contributed by atoms with E-state index in [1.807, 2.05) is 6.92 Å². The van der Waals surface area contributed by atoms with E-state index in [4.69, 9.17) is 5.73 Å². The van der Waals surface area contributed by atoms with E-state index in [0.717, 1.165) is 5.56 Å². The van der Waals surface area contributed by atoms with Crippen LogP contribution in [0.1, 0.15) is 18.1 Å². The smallest absolute Gasteiger partial charge is 0.422 e. The molecule has 1 aromatic carbocycles. The Bertz CT molecular complexity index is 584. The molecule has 0 radical (unpaired) electrons. The molecule has 0 unspecified atom stereocenters. The molecule has 0 fully saturated rings. The van der Waals surface area contributed by atoms with E-state index >= 15 is 0 Å². The molecule has 0 aromatic heterocycles. The van der Waals surface area contributed by atoms with Gasteiger partial charge in [-0.3, -0.25) is 4.72 Å². The Morgan fingerprint density at radius 2 is 2.00 bits per heavy atom. The van der Waals surface area contributed by atoms with Crippen LogP contribution in [0.4, 0.5) is 16.2 Å². The highest BCUT2D eigenvalue weighted by atomic mass is 32.2. The number of hydrogen-bond donors (Lipinski definition) is 3. The van der Waals surface area contributed by atoms with E-state index in [1.165, 1.54) is 0 Å². The Morgan fingerprint density at radius 1 is 1.37 bits per heavy atom. The third-order valence-corrected chi connectivity index (χ3v) is 3.39. The van der Waals surface area contributed by atoms with Crippen LogP contribution >= 0.6 is 0 Å². The molecule has 1 rings (SSSR count). The van der Waals surface area contributed by atoms with Gasteiger partial charge in [0.25, 0.3) is 0 Å². The molecule has 8 heteroatoms. The van der Waals surface area contributed by atoms with Gasteiger partial charge in [-0.25, -0.2) is 9.52 Å². The van der Waals surface area contributed by atoms with E-state index in [1.54, 1.807) is 30.7 Å². The summed E-state index contributed by atoms with van der Waals surface area (Å²) in [7, 11) is -4.04. The predicted octanol–water partition coefficient (Wildman–Crippen LogP) is 1.29. The van der Waals surface area contributed by atoms with Crippen molar-refractivity contribution in [3.8, 4) is 0 Å². The minimum Gasteiger partial charge on any atom is -0.449 e. The summed E-state index contributed by atoms with van der Waals surface area (Å²) >= 11 is 0. The highest BCUT2D eigenvalue weighted by Crippen LogP contribution is 2.24. The second kappa shape index (κ2) is 5.79. The average Bonchev–Trinajstić information content (AvgIpc) is 2.29. The molecule has 0 saturated carbocycles. The Kier molecular flexibility index (Phi) is 4.60. The summed E-state index contributed by atoms with van der Waals surface area (Å²) in [6.45, 7) is 5.16. The van der Waals surface area contributed by atoms with Crippen LogP contribution in [0.5, 0.6) is 0 Å². The van der Waals surface area contributed by atoms with Gasteiger partial charge in [-0.05, 0) is 38.0 Å². The highest BCUT2D eigenvalue weighted by Gasteiger charge is 2.16. The summed E-state index contributed by atoms with van der Waals surface area (Å²) in [4.78, 5) is 11.1. The lowest BCUT2D eigenvalue weighted by Gasteiger charge is -2.13. The first-order chi connectivity index (χ1) is 8.76. The van der Waals surface area contributed by atoms with E-state index in [-0.39, 0.29) is 6.61 Å². The summed E-state index contributed by atoms with van der Waals surface area (Å²) in [5.41, 5.74) is 8.04. The number of nitrogens with one attached hydrogen (secondary N) is 2. The summed E-state index contributed by atoms with van der Waals surface area (Å²) in [6, 6.07) is 3.26. The summed E-state index contributed by atoms with van der Waals surface area (Å²) in [5.74, 6) is 0. The Labute approximate surface area is 112 Å². The molecular formula is C11H17N3O4S. The van der Waals surface area contributed by atoms with Crippen LogP contribution in [0, 0.1) is 13.8 Å². The normalized spacial score (nSPS) is 10.9. The number of ether oxygens (including phenoxy) is 1. The summed E-state index contributed by atoms with van der Waals surface area (Å²) in [5, 5.41) is 0. The SMILES string of the molecule is CCOC(=O)NS(=O)(=O)Nc1ccc(C)c(N)c1C. The van der Waals surface area contributed by atoms with Gasteiger partial charge in [-0.1, -0.05) is 6.07 Å². The van der Waals surface area contributed by atoms with Crippen LogP contribution in [-0.2, 0) is 14.9 Å². The molecular weight excluding hydrogens is 270 g/mol. The first-order valence-corrected chi connectivity index (χ1v) is 7.08. The number of rotatable bonds is 4. The highest BCUT2D eigenvalue weighted by molar-refractivity contribution is 7.91. The van der Waals surface area contributed by atoms with Gasteiger partial charge in [0.2, 0.25) is 0 Å². The lowest BCUT2D eigenvalue weighted by molar-refractivity contribution is 0.159. The van der Waals surface area contributed by atoms with Crippen molar-refractivity contribution in [3.63, 3.8) is 0 Å². The largest absolute Gasteiger partial charge is 0.449 e. The van der Waals surface area contributed by atoms with Gasteiger partial charge in [0, 0.05) is 5.69 Å². The fourth-order valence-electron chi connectivity index (χ4n) is 1.42. The van der Waals surface area contributed by atoms with E-state index in [9.17, 15) is 13.2 Å². The average molecular weight is 287 g/mol. The number of nitrogen functional groups attached to an aromatic ring is 1. The summed E-state index contributed by atoms with van der Waals surface area (Å²) in [6.07, 6.45) is -1.03. The number of hydrogen-bond acceptors (Lipinski definition) is 5. The monoisotopic (exact) mass is 287 g/mol. The third-order valence-electron chi connectivity index (χ3n) is 2.47. The molecule has 0 aliphatic carbocycles. The van der Waals surface area contributed by atoms with Gasteiger partial charge < -0.3 is 10.5 Å². The maximum atomic E-state index is 11.7. The van der Waals surface area contributed by atoms with Gasteiger partial charge in [-0.15, -0.1) is 0 Å². The number of carbonyl (C=O) groups is 1. The van der Waals surface area contributed by atoms with Crippen molar-refractivity contribution in [2.45, 2.75) is 20.8 Å². The number of carbonyl (C=O) groups excluding carboxylic acids is 1. The molecule has 7 nitrogen and oxygen atoms in total. The molecule has 1 aromatic rings. The zero-order valence-electron chi connectivity index (χ0n) is 11.0. The first kappa shape index (κ1) is 15.1. The van der Waals surface area contributed by atoms with Gasteiger partial charge >= 0.3 is 16.3 Å². The van der Waals surface area contributed by atoms with Gasteiger partial charge in [-0.2, -0.15) is 8.42 Å². The van der Waals surface area contributed by atoms with Crippen molar-refractivity contribution in [1.29, 1.82) is 0 Å². The molecule has 0 aliphatic rings. The Hall–Kier alpha value is -1.96. The molecule has 0 saturated heterocycles. The van der Waals surface area contributed by atoms with Crippen LogP contribution < -0.4 is 15.2 Å². The lowest BCUT2D eigenvalue weighted by atomic mass is 10.1. The Balaban J connectivity index is 2.90. The maximum absolute atomic E-state index is 11.7. The number of aryl methyl sites for hydroxylation is 1. The second-order valence-electron chi connectivity index (χ2n) is 3.90. The third kappa shape index (κ3) is 4.02. The van der Waals surface area contributed by atoms with Crippen LogP contribution in [0.15, 0.2) is 12.1 Å². The zero-order valence-corrected chi connectivity index (χ0v) is 11.8. The van der Waals surface area contributed by atoms with E-state index in [0.29, 0.717) is 16.9 Å². The van der Waals surface area contributed by atoms with Crippen molar-refractivity contribution in [2.24, 2.45) is 0 Å². The summed E-state index contributed by atoms with van der Waals surface area (Å²) < 4.78 is 31.8. The number of nitrogens with two attached hydrogens (primary N) is 1. The van der Waals surface area contributed by atoms with E-state index in [2.05, 4.69) is 9.46 Å². The molecule has 0 bridgehead atoms. The first-order valence-electron chi connectivity index (χ1n) is 5.59. The Morgan fingerprint density at radius 3 is 2.58 bits per heavy atom. The van der Waals surface area contributed by atoms with Crippen molar-refractivity contribution >= 4 is 27.7 Å². The number of amides is 1. The van der Waals surface area contributed by atoms with Crippen LogP contribution in [0.3, 0.4) is 0 Å². The molecule has 0 spiro atoms. The van der Waals surface area contributed by atoms with Crippen LogP contribution in [0.2, 0.25) is 0 Å². The zero-order chi connectivity index (χ0) is 14.6. The van der Waals surface area contributed by atoms with Crippen LogP contribution in [-0.4, -0.2) is 21.1 Å². The number of anilines is 2. The van der Waals surface area contributed by atoms with Crippen molar-refractivity contribution in [1.82, 2.24) is 4.72 Å². The molecule has 4 N–H and O–H groups in total.